The topological polar surface area (TPSA) is 18.5 Å². The van der Waals surface area contributed by atoms with Gasteiger partial charge in [0.25, 0.3) is 0 Å². The van der Waals surface area contributed by atoms with E-state index < -0.39 is 0 Å². The molecule has 0 amide bonds. The highest BCUT2D eigenvalue weighted by Gasteiger charge is 2.31. The molecule has 17 heavy (non-hydrogen) atoms. The van der Waals surface area contributed by atoms with Crippen LogP contribution in [0.3, 0.4) is 0 Å². The van der Waals surface area contributed by atoms with Crippen LogP contribution in [0.4, 0.5) is 0 Å². The van der Waals surface area contributed by atoms with Gasteiger partial charge in [0.1, 0.15) is 0 Å². The molecule has 2 heterocycles. The fraction of sp³-hybridized carbons (Fsp3) is 1.00. The van der Waals surface area contributed by atoms with Gasteiger partial charge in [-0.05, 0) is 59.3 Å². The Morgan fingerprint density at radius 1 is 1.18 bits per heavy atom. The van der Waals surface area contributed by atoms with E-state index in [0.29, 0.717) is 12.1 Å². The predicted molar refractivity (Wildman–Crippen MR) is 73.4 cm³/mol. The predicted octanol–water partition coefficient (Wildman–Crippen LogP) is 1.54. The minimum atomic E-state index is 0.605. The second-order valence-electron chi connectivity index (χ2n) is 5.77. The molecule has 0 aromatic heterocycles. The molecular weight excluding hydrogens is 210 g/mol. The molecule has 2 aliphatic heterocycles. The van der Waals surface area contributed by atoms with Gasteiger partial charge in [0.15, 0.2) is 0 Å². The second kappa shape index (κ2) is 6.17. The molecule has 2 rings (SSSR count). The Morgan fingerprint density at radius 3 is 2.71 bits per heavy atom. The van der Waals surface area contributed by atoms with Crippen molar-refractivity contribution in [2.45, 2.75) is 58.2 Å². The molecule has 3 unspecified atom stereocenters. The zero-order chi connectivity index (χ0) is 12.3. The smallest absolute Gasteiger partial charge is 0.0223 e. The van der Waals surface area contributed by atoms with Crippen molar-refractivity contribution in [1.82, 2.24) is 15.1 Å². The molecule has 0 aromatic carbocycles. The summed E-state index contributed by atoms with van der Waals surface area (Å²) in [6, 6.07) is 2.11. The quantitative estimate of drug-likeness (QED) is 0.803. The van der Waals surface area contributed by atoms with Gasteiger partial charge in [-0.3, -0.25) is 9.80 Å². The van der Waals surface area contributed by atoms with Crippen molar-refractivity contribution in [1.29, 1.82) is 0 Å². The van der Waals surface area contributed by atoms with E-state index in [2.05, 4.69) is 35.9 Å². The van der Waals surface area contributed by atoms with Crippen LogP contribution in [-0.2, 0) is 0 Å². The SMILES string of the molecule is CCNC(C)C(C)N1CCCN2CCCC2C1. The standard InChI is InChI=1S/C14H29N3/c1-4-15-12(2)13(3)17-10-6-9-16-8-5-7-14(16)11-17/h12-15H,4-11H2,1-3H3. The van der Waals surface area contributed by atoms with Crippen LogP contribution in [-0.4, -0.2) is 60.6 Å². The molecule has 2 aliphatic rings. The van der Waals surface area contributed by atoms with Crippen LogP contribution in [0.15, 0.2) is 0 Å². The van der Waals surface area contributed by atoms with E-state index in [9.17, 15) is 0 Å². The van der Waals surface area contributed by atoms with Gasteiger partial charge in [0.2, 0.25) is 0 Å². The van der Waals surface area contributed by atoms with Gasteiger partial charge in [-0.1, -0.05) is 6.92 Å². The van der Waals surface area contributed by atoms with Crippen LogP contribution in [0.1, 0.15) is 40.0 Å². The first-order valence-electron chi connectivity index (χ1n) is 7.44. The number of hydrogen-bond acceptors (Lipinski definition) is 3. The van der Waals surface area contributed by atoms with Crippen LogP contribution in [0.25, 0.3) is 0 Å². The monoisotopic (exact) mass is 239 g/mol. The first-order chi connectivity index (χ1) is 8.22. The Kier molecular flexibility index (Phi) is 4.83. The summed E-state index contributed by atoms with van der Waals surface area (Å²) in [5, 5.41) is 3.57. The summed E-state index contributed by atoms with van der Waals surface area (Å²) >= 11 is 0. The Balaban J connectivity index is 1.91. The number of hydrogen-bond donors (Lipinski definition) is 1. The molecule has 1 N–H and O–H groups in total. The van der Waals surface area contributed by atoms with Crippen LogP contribution in [0.5, 0.6) is 0 Å². The van der Waals surface area contributed by atoms with Crippen LogP contribution < -0.4 is 5.32 Å². The highest BCUT2D eigenvalue weighted by atomic mass is 15.3. The lowest BCUT2D eigenvalue weighted by atomic mass is 10.1. The zero-order valence-electron chi connectivity index (χ0n) is 11.8. The first kappa shape index (κ1) is 13.3. The Labute approximate surface area is 107 Å². The molecule has 0 aliphatic carbocycles. The number of nitrogens with one attached hydrogen (secondary N) is 1. The van der Waals surface area contributed by atoms with E-state index in [0.717, 1.165) is 12.6 Å². The van der Waals surface area contributed by atoms with E-state index in [-0.39, 0.29) is 0 Å². The van der Waals surface area contributed by atoms with Crippen LogP contribution >= 0.6 is 0 Å². The normalized spacial score (nSPS) is 30.9. The summed E-state index contributed by atoms with van der Waals surface area (Å²) in [7, 11) is 0. The van der Waals surface area contributed by atoms with Gasteiger partial charge in [-0.2, -0.15) is 0 Å². The molecule has 100 valence electrons. The van der Waals surface area contributed by atoms with Crippen LogP contribution in [0, 0.1) is 0 Å². The third-order valence-electron chi connectivity index (χ3n) is 4.66. The molecule has 3 nitrogen and oxygen atoms in total. The fourth-order valence-corrected chi connectivity index (χ4v) is 3.41. The lowest BCUT2D eigenvalue weighted by Crippen LogP contribution is -2.49. The van der Waals surface area contributed by atoms with E-state index in [1.165, 1.54) is 45.4 Å². The van der Waals surface area contributed by atoms with E-state index in [4.69, 9.17) is 0 Å². The van der Waals surface area contributed by atoms with Crippen molar-refractivity contribution in [3.63, 3.8) is 0 Å². The van der Waals surface area contributed by atoms with Gasteiger partial charge >= 0.3 is 0 Å². The first-order valence-corrected chi connectivity index (χ1v) is 7.44. The fourth-order valence-electron chi connectivity index (χ4n) is 3.41. The maximum absolute atomic E-state index is 3.57. The molecule has 2 saturated heterocycles. The molecule has 2 fully saturated rings. The van der Waals surface area contributed by atoms with Crippen molar-refractivity contribution < 1.29 is 0 Å². The molecule has 0 aromatic rings. The lowest BCUT2D eigenvalue weighted by Gasteiger charge is -2.34. The minimum Gasteiger partial charge on any atom is -0.313 e. The summed E-state index contributed by atoms with van der Waals surface area (Å²) in [4.78, 5) is 5.42. The van der Waals surface area contributed by atoms with E-state index in [1.807, 2.05) is 0 Å². The largest absolute Gasteiger partial charge is 0.313 e. The molecule has 0 spiro atoms. The molecular formula is C14H29N3. The Bertz CT molecular complexity index is 232. The summed E-state index contributed by atoms with van der Waals surface area (Å²) in [5.74, 6) is 0. The highest BCUT2D eigenvalue weighted by molar-refractivity contribution is 4.88. The van der Waals surface area contributed by atoms with Gasteiger partial charge in [-0.15, -0.1) is 0 Å². The summed E-state index contributed by atoms with van der Waals surface area (Å²) in [5.41, 5.74) is 0. The van der Waals surface area contributed by atoms with Gasteiger partial charge < -0.3 is 5.32 Å². The second-order valence-corrected chi connectivity index (χ2v) is 5.77. The van der Waals surface area contributed by atoms with Crippen LogP contribution in [0.2, 0.25) is 0 Å². The molecule has 3 heteroatoms. The van der Waals surface area contributed by atoms with Gasteiger partial charge in [0.05, 0.1) is 0 Å². The number of nitrogens with zero attached hydrogens (tertiary/aromatic N) is 2. The van der Waals surface area contributed by atoms with Gasteiger partial charge in [-0.25, -0.2) is 0 Å². The van der Waals surface area contributed by atoms with Crippen molar-refractivity contribution in [2.75, 3.05) is 32.7 Å². The lowest BCUT2D eigenvalue weighted by molar-refractivity contribution is 0.157. The van der Waals surface area contributed by atoms with E-state index in [1.54, 1.807) is 0 Å². The van der Waals surface area contributed by atoms with Crippen molar-refractivity contribution in [3.8, 4) is 0 Å². The summed E-state index contributed by atoms with van der Waals surface area (Å²) in [6.45, 7) is 13.2. The molecule has 0 bridgehead atoms. The van der Waals surface area contributed by atoms with Crippen molar-refractivity contribution in [3.05, 3.63) is 0 Å². The van der Waals surface area contributed by atoms with Gasteiger partial charge in [0, 0.05) is 24.7 Å². The number of fused-ring (bicyclic) bond motifs is 1. The number of rotatable bonds is 4. The van der Waals surface area contributed by atoms with Crippen molar-refractivity contribution >= 4 is 0 Å². The van der Waals surface area contributed by atoms with E-state index >= 15 is 0 Å². The molecule has 0 radical (unpaired) electrons. The third kappa shape index (κ3) is 3.21. The number of likely N-dealkylation sites (N-methyl/N-ethyl adjacent to an activating group) is 1. The molecule has 3 atom stereocenters. The Morgan fingerprint density at radius 2 is 1.94 bits per heavy atom. The summed E-state index contributed by atoms with van der Waals surface area (Å²) < 4.78 is 0. The highest BCUT2D eigenvalue weighted by Crippen LogP contribution is 2.22. The average molecular weight is 239 g/mol. The maximum Gasteiger partial charge on any atom is 0.0223 e. The third-order valence-corrected chi connectivity index (χ3v) is 4.66. The summed E-state index contributed by atoms with van der Waals surface area (Å²) in [6.07, 6.45) is 4.17. The average Bonchev–Trinajstić information content (AvgIpc) is 2.66. The van der Waals surface area contributed by atoms with Crippen molar-refractivity contribution in [2.24, 2.45) is 0 Å². The maximum atomic E-state index is 3.57. The molecule has 0 saturated carbocycles. The zero-order valence-corrected chi connectivity index (χ0v) is 11.8. The minimum absolute atomic E-state index is 0.605. The Hall–Kier alpha value is -0.120.